The van der Waals surface area contributed by atoms with Crippen LogP contribution in [0.4, 0.5) is 18.9 Å². The minimum atomic E-state index is -4.73. The second-order valence-electron chi connectivity index (χ2n) is 5.97. The van der Waals surface area contributed by atoms with Gasteiger partial charge in [0.05, 0.1) is 5.56 Å². The summed E-state index contributed by atoms with van der Waals surface area (Å²) >= 11 is 0. The molecule has 0 aliphatic carbocycles. The molecule has 138 valence electrons. The van der Waals surface area contributed by atoms with Crippen LogP contribution in [0.5, 0.6) is 0 Å². The smallest absolute Gasteiger partial charge is 0.416 e. The van der Waals surface area contributed by atoms with Gasteiger partial charge in [0.25, 0.3) is 5.91 Å². The lowest BCUT2D eigenvalue weighted by Crippen LogP contribution is -2.41. The second kappa shape index (κ2) is 8.00. The molecule has 0 aliphatic rings. The van der Waals surface area contributed by atoms with Gasteiger partial charge in [0.15, 0.2) is 0 Å². The molecule has 0 spiro atoms. The van der Waals surface area contributed by atoms with Crippen LogP contribution in [-0.2, 0) is 15.8 Å². The van der Waals surface area contributed by atoms with Gasteiger partial charge in [-0.25, -0.2) is 4.79 Å². The molecule has 9 heteroatoms. The number of hydrogen-bond donors (Lipinski definition) is 3. The van der Waals surface area contributed by atoms with Crippen LogP contribution in [0, 0.1) is 5.92 Å². The van der Waals surface area contributed by atoms with Gasteiger partial charge in [-0.1, -0.05) is 13.8 Å². The van der Waals surface area contributed by atoms with E-state index in [4.69, 9.17) is 5.11 Å². The van der Waals surface area contributed by atoms with Crippen molar-refractivity contribution < 1.29 is 32.7 Å². The van der Waals surface area contributed by atoms with Crippen molar-refractivity contribution in [2.75, 3.05) is 5.32 Å². The van der Waals surface area contributed by atoms with Crippen molar-refractivity contribution in [3.05, 3.63) is 29.3 Å². The number of amides is 2. The number of aliphatic carboxylic acids is 1. The molecule has 2 amide bonds. The van der Waals surface area contributed by atoms with E-state index in [1.54, 1.807) is 13.8 Å². The fourth-order valence-electron chi connectivity index (χ4n) is 2.13. The summed E-state index contributed by atoms with van der Waals surface area (Å²) in [7, 11) is 0. The van der Waals surface area contributed by atoms with Crippen molar-refractivity contribution >= 4 is 23.5 Å². The van der Waals surface area contributed by atoms with Gasteiger partial charge in [-0.15, -0.1) is 0 Å². The predicted octanol–water partition coefficient (Wildman–Crippen LogP) is 2.89. The molecule has 25 heavy (non-hydrogen) atoms. The number of benzene rings is 1. The molecule has 0 saturated heterocycles. The highest BCUT2D eigenvalue weighted by Gasteiger charge is 2.32. The average molecular weight is 360 g/mol. The van der Waals surface area contributed by atoms with Gasteiger partial charge in [-0.3, -0.25) is 9.59 Å². The van der Waals surface area contributed by atoms with Crippen LogP contribution in [0.1, 0.15) is 43.1 Å². The highest BCUT2D eigenvalue weighted by molar-refractivity contribution is 5.98. The summed E-state index contributed by atoms with van der Waals surface area (Å²) in [6, 6.07) is 1.13. The number of halogens is 3. The van der Waals surface area contributed by atoms with E-state index in [0.717, 1.165) is 13.0 Å². The molecular weight excluding hydrogens is 341 g/mol. The van der Waals surface area contributed by atoms with E-state index < -0.39 is 41.1 Å². The molecule has 1 atom stereocenters. The molecule has 1 unspecified atom stereocenters. The van der Waals surface area contributed by atoms with Gasteiger partial charge < -0.3 is 15.7 Å². The summed E-state index contributed by atoms with van der Waals surface area (Å²) in [5, 5.41) is 13.5. The Morgan fingerprint density at radius 1 is 1.16 bits per heavy atom. The monoisotopic (exact) mass is 360 g/mol. The van der Waals surface area contributed by atoms with Crippen LogP contribution in [0.3, 0.4) is 0 Å². The number of carbonyl (C=O) groups is 3. The van der Waals surface area contributed by atoms with E-state index in [1.165, 1.54) is 0 Å². The Labute approximate surface area is 142 Å². The number of alkyl halides is 3. The van der Waals surface area contributed by atoms with Gasteiger partial charge in [-0.05, 0) is 30.5 Å². The highest BCUT2D eigenvalue weighted by Crippen LogP contribution is 2.32. The number of carboxylic acid groups (broad SMARTS) is 1. The Kier molecular flexibility index (Phi) is 6.55. The summed E-state index contributed by atoms with van der Waals surface area (Å²) in [6.45, 7) is 4.62. The molecule has 1 aromatic carbocycles. The van der Waals surface area contributed by atoms with Gasteiger partial charge >= 0.3 is 12.1 Å². The van der Waals surface area contributed by atoms with Gasteiger partial charge in [0, 0.05) is 18.2 Å². The third kappa shape index (κ3) is 6.44. The Hall–Kier alpha value is -2.58. The molecule has 0 aliphatic heterocycles. The summed E-state index contributed by atoms with van der Waals surface area (Å²) in [6.07, 6.45) is -4.60. The quantitative estimate of drug-likeness (QED) is 0.727. The number of hydrogen-bond acceptors (Lipinski definition) is 3. The first-order valence-electron chi connectivity index (χ1n) is 7.43. The third-order valence-electron chi connectivity index (χ3n) is 3.15. The zero-order chi connectivity index (χ0) is 19.4. The standard InChI is InChI=1S/C16H19F3N2O4/c1-8(2)4-13(15(24)25)21-14(23)10-5-11(16(17,18)19)7-12(6-10)20-9(3)22/h5-8,13H,4H2,1-3H3,(H,20,22)(H,21,23)(H,24,25). The Bertz CT molecular complexity index is 672. The lowest BCUT2D eigenvalue weighted by Gasteiger charge is -2.17. The Morgan fingerprint density at radius 2 is 1.76 bits per heavy atom. The molecule has 1 aromatic rings. The number of nitrogens with one attached hydrogen (secondary N) is 2. The maximum Gasteiger partial charge on any atom is 0.416 e. The molecular formula is C16H19F3N2O4. The molecule has 0 radical (unpaired) electrons. The minimum absolute atomic E-state index is 0.0437. The summed E-state index contributed by atoms with van der Waals surface area (Å²) in [4.78, 5) is 34.5. The second-order valence-corrected chi connectivity index (χ2v) is 5.97. The van der Waals surface area contributed by atoms with Crippen LogP contribution >= 0.6 is 0 Å². The first-order chi connectivity index (χ1) is 11.4. The van der Waals surface area contributed by atoms with Crippen molar-refractivity contribution in [2.24, 2.45) is 5.92 Å². The maximum atomic E-state index is 13.0. The first kappa shape index (κ1) is 20.5. The van der Waals surface area contributed by atoms with Crippen molar-refractivity contribution in [1.82, 2.24) is 5.32 Å². The number of carboxylic acids is 1. The van der Waals surface area contributed by atoms with Crippen LogP contribution in [0.2, 0.25) is 0 Å². The van der Waals surface area contributed by atoms with Crippen LogP contribution < -0.4 is 10.6 Å². The zero-order valence-corrected chi connectivity index (χ0v) is 13.9. The topological polar surface area (TPSA) is 95.5 Å². The summed E-state index contributed by atoms with van der Waals surface area (Å²) in [5.74, 6) is -2.89. The third-order valence-corrected chi connectivity index (χ3v) is 3.15. The normalized spacial score (nSPS) is 12.6. The fourth-order valence-corrected chi connectivity index (χ4v) is 2.13. The number of carbonyl (C=O) groups excluding carboxylic acids is 2. The minimum Gasteiger partial charge on any atom is -0.480 e. The molecule has 0 heterocycles. The largest absolute Gasteiger partial charge is 0.480 e. The maximum absolute atomic E-state index is 13.0. The first-order valence-corrected chi connectivity index (χ1v) is 7.43. The van der Waals surface area contributed by atoms with E-state index in [-0.39, 0.29) is 18.0 Å². The molecule has 0 fully saturated rings. The molecule has 0 bridgehead atoms. The highest BCUT2D eigenvalue weighted by atomic mass is 19.4. The Balaban J connectivity index is 3.18. The molecule has 1 rings (SSSR count). The lowest BCUT2D eigenvalue weighted by atomic mass is 10.0. The predicted molar refractivity (Wildman–Crippen MR) is 84.1 cm³/mol. The van der Waals surface area contributed by atoms with E-state index in [0.29, 0.717) is 12.1 Å². The number of rotatable bonds is 6. The van der Waals surface area contributed by atoms with Crippen LogP contribution in [-0.4, -0.2) is 28.9 Å². The van der Waals surface area contributed by atoms with E-state index in [2.05, 4.69) is 10.6 Å². The summed E-state index contributed by atoms with van der Waals surface area (Å²) < 4.78 is 38.9. The lowest BCUT2D eigenvalue weighted by molar-refractivity contribution is -0.140. The van der Waals surface area contributed by atoms with Crippen molar-refractivity contribution in [3.8, 4) is 0 Å². The SMILES string of the molecule is CC(=O)Nc1cc(C(=O)NC(CC(C)C)C(=O)O)cc(C(F)(F)F)c1. The van der Waals surface area contributed by atoms with E-state index >= 15 is 0 Å². The van der Waals surface area contributed by atoms with E-state index in [1.807, 2.05) is 0 Å². The average Bonchev–Trinajstić information content (AvgIpc) is 2.43. The van der Waals surface area contributed by atoms with Crippen molar-refractivity contribution in [2.45, 2.75) is 39.4 Å². The van der Waals surface area contributed by atoms with Crippen LogP contribution in [0.25, 0.3) is 0 Å². The Morgan fingerprint density at radius 3 is 2.20 bits per heavy atom. The molecule has 6 nitrogen and oxygen atoms in total. The van der Waals surface area contributed by atoms with Crippen LogP contribution in [0.15, 0.2) is 18.2 Å². The molecule has 0 aromatic heterocycles. The fraction of sp³-hybridized carbons (Fsp3) is 0.438. The molecule has 3 N–H and O–H groups in total. The van der Waals surface area contributed by atoms with Crippen molar-refractivity contribution in [3.63, 3.8) is 0 Å². The van der Waals surface area contributed by atoms with Gasteiger partial charge in [0.1, 0.15) is 6.04 Å². The molecule has 0 saturated carbocycles. The zero-order valence-electron chi connectivity index (χ0n) is 13.9. The number of anilines is 1. The summed E-state index contributed by atoms with van der Waals surface area (Å²) in [5.41, 5.74) is -1.73. The van der Waals surface area contributed by atoms with Gasteiger partial charge in [-0.2, -0.15) is 13.2 Å². The van der Waals surface area contributed by atoms with Crippen molar-refractivity contribution in [1.29, 1.82) is 0 Å². The van der Waals surface area contributed by atoms with Gasteiger partial charge in [0.2, 0.25) is 5.91 Å². The van der Waals surface area contributed by atoms with E-state index in [9.17, 15) is 27.6 Å².